The Morgan fingerprint density at radius 1 is 1.53 bits per heavy atom. The highest BCUT2D eigenvalue weighted by Gasteiger charge is 2.22. The first-order valence-corrected chi connectivity index (χ1v) is 5.72. The minimum atomic E-state index is -0.564. The van der Waals surface area contributed by atoms with Gasteiger partial charge in [0.05, 0.1) is 22.9 Å². The van der Waals surface area contributed by atoms with E-state index in [9.17, 15) is 9.18 Å². The van der Waals surface area contributed by atoms with E-state index in [1.165, 1.54) is 12.1 Å². The number of nitrogens with two attached hydrogens (primary N) is 1. The Kier molecular flexibility index (Phi) is 3.38. The quantitative estimate of drug-likeness (QED) is 0.720. The lowest BCUT2D eigenvalue weighted by atomic mass is 10.2. The maximum atomic E-state index is 13.2. The van der Waals surface area contributed by atoms with Crippen LogP contribution in [0.1, 0.15) is 12.8 Å². The molecule has 17 heavy (non-hydrogen) atoms. The molecule has 0 radical (unpaired) electrons. The molecule has 6 heteroatoms. The summed E-state index contributed by atoms with van der Waals surface area (Å²) >= 11 is 5.56. The second-order valence-electron chi connectivity index (χ2n) is 4.05. The highest BCUT2D eigenvalue weighted by molar-refractivity contribution is 6.31. The van der Waals surface area contributed by atoms with Gasteiger partial charge in [0.2, 0.25) is 5.91 Å². The van der Waals surface area contributed by atoms with Crippen molar-refractivity contribution >= 4 is 28.9 Å². The number of halogens is 2. The highest BCUT2D eigenvalue weighted by Crippen LogP contribution is 2.26. The van der Waals surface area contributed by atoms with E-state index in [4.69, 9.17) is 17.3 Å². The Labute approximate surface area is 103 Å². The van der Waals surface area contributed by atoms with E-state index in [0.29, 0.717) is 17.4 Å². The van der Waals surface area contributed by atoms with E-state index in [0.717, 1.165) is 12.8 Å². The van der Waals surface area contributed by atoms with Crippen molar-refractivity contribution in [3.63, 3.8) is 0 Å². The number of nitrogen functional groups attached to an aromatic ring is 1. The molecule has 0 aliphatic heterocycles. The zero-order valence-corrected chi connectivity index (χ0v) is 9.85. The van der Waals surface area contributed by atoms with E-state index in [2.05, 4.69) is 10.6 Å². The van der Waals surface area contributed by atoms with E-state index in [-0.39, 0.29) is 17.5 Å². The zero-order valence-electron chi connectivity index (χ0n) is 9.09. The van der Waals surface area contributed by atoms with E-state index < -0.39 is 5.82 Å². The van der Waals surface area contributed by atoms with Crippen molar-refractivity contribution in [2.24, 2.45) is 0 Å². The number of hydrogen-bond donors (Lipinski definition) is 3. The van der Waals surface area contributed by atoms with Gasteiger partial charge in [-0.15, -0.1) is 0 Å². The number of carbonyl (C=O) groups excluding carboxylic acids is 1. The Morgan fingerprint density at radius 2 is 2.24 bits per heavy atom. The van der Waals surface area contributed by atoms with Gasteiger partial charge in [0.1, 0.15) is 5.82 Å². The first-order chi connectivity index (χ1) is 8.06. The van der Waals surface area contributed by atoms with Gasteiger partial charge in [-0.3, -0.25) is 4.79 Å². The number of rotatable bonds is 4. The molecule has 1 aromatic carbocycles. The molecular formula is C11H13ClFN3O. The smallest absolute Gasteiger partial charge is 0.239 e. The van der Waals surface area contributed by atoms with Crippen molar-refractivity contribution < 1.29 is 9.18 Å². The third kappa shape index (κ3) is 3.23. The summed E-state index contributed by atoms with van der Waals surface area (Å²) < 4.78 is 13.2. The van der Waals surface area contributed by atoms with Crippen LogP contribution in [0.4, 0.5) is 15.8 Å². The molecule has 1 aliphatic rings. The summed E-state index contributed by atoms with van der Waals surface area (Å²) in [5, 5.41) is 5.55. The van der Waals surface area contributed by atoms with Crippen LogP contribution in [0, 0.1) is 5.82 Å². The fourth-order valence-electron chi connectivity index (χ4n) is 1.40. The number of amides is 1. The van der Waals surface area contributed by atoms with Crippen molar-refractivity contribution in [2.75, 3.05) is 17.6 Å². The van der Waals surface area contributed by atoms with E-state index in [1.54, 1.807) is 0 Å². The van der Waals surface area contributed by atoms with E-state index >= 15 is 0 Å². The van der Waals surface area contributed by atoms with Gasteiger partial charge in [-0.2, -0.15) is 0 Å². The molecule has 0 saturated heterocycles. The molecule has 1 fully saturated rings. The topological polar surface area (TPSA) is 67.1 Å². The predicted molar refractivity (Wildman–Crippen MR) is 65.5 cm³/mol. The molecule has 2 rings (SSSR count). The SMILES string of the molecule is Nc1cc(Cl)c(F)cc1NCC(=O)NC1CC1. The molecule has 4 N–H and O–H groups in total. The van der Waals surface area contributed by atoms with Gasteiger partial charge in [-0.05, 0) is 18.9 Å². The first-order valence-electron chi connectivity index (χ1n) is 5.34. The van der Waals surface area contributed by atoms with Crippen molar-refractivity contribution in [2.45, 2.75) is 18.9 Å². The number of carbonyl (C=O) groups is 1. The van der Waals surface area contributed by atoms with Gasteiger partial charge < -0.3 is 16.4 Å². The lowest BCUT2D eigenvalue weighted by Crippen LogP contribution is -2.31. The summed E-state index contributed by atoms with van der Waals surface area (Å²) in [7, 11) is 0. The second kappa shape index (κ2) is 4.79. The molecule has 0 unspecified atom stereocenters. The molecule has 4 nitrogen and oxygen atoms in total. The summed E-state index contributed by atoms with van der Waals surface area (Å²) in [5.41, 5.74) is 6.33. The molecule has 1 aliphatic carbocycles. The first kappa shape index (κ1) is 12.0. The Morgan fingerprint density at radius 3 is 2.88 bits per heavy atom. The summed E-state index contributed by atoms with van der Waals surface area (Å²) in [6.45, 7) is 0.0712. The normalized spacial score (nSPS) is 14.5. The Balaban J connectivity index is 1.93. The fourth-order valence-corrected chi connectivity index (χ4v) is 1.57. The number of nitrogens with one attached hydrogen (secondary N) is 2. The van der Waals surface area contributed by atoms with Crippen LogP contribution in [0.2, 0.25) is 5.02 Å². The van der Waals surface area contributed by atoms with Crippen molar-refractivity contribution in [1.29, 1.82) is 0 Å². The van der Waals surface area contributed by atoms with Crippen LogP contribution >= 0.6 is 11.6 Å². The summed E-state index contributed by atoms with van der Waals surface area (Å²) in [6.07, 6.45) is 2.06. The predicted octanol–water partition coefficient (Wildman–Crippen LogP) is 1.75. The molecule has 0 bridgehead atoms. The van der Waals surface area contributed by atoms with Gasteiger partial charge >= 0.3 is 0 Å². The maximum Gasteiger partial charge on any atom is 0.239 e. The third-order valence-corrected chi connectivity index (χ3v) is 2.76. The fraction of sp³-hybridized carbons (Fsp3) is 0.364. The molecule has 0 aromatic heterocycles. The van der Waals surface area contributed by atoms with Crippen molar-refractivity contribution in [1.82, 2.24) is 5.32 Å². The van der Waals surface area contributed by atoms with Crippen LogP contribution in [-0.4, -0.2) is 18.5 Å². The standard InChI is InChI=1S/C11H13ClFN3O/c12-7-3-9(14)10(4-8(7)13)15-5-11(17)16-6-1-2-6/h3-4,6,15H,1-2,5,14H2,(H,16,17). The Hall–Kier alpha value is -1.49. The van der Waals surface area contributed by atoms with Crippen LogP contribution in [-0.2, 0) is 4.79 Å². The average Bonchev–Trinajstić information content (AvgIpc) is 3.05. The van der Waals surface area contributed by atoms with Crippen LogP contribution in [0.25, 0.3) is 0 Å². The number of hydrogen-bond acceptors (Lipinski definition) is 3. The lowest BCUT2D eigenvalue weighted by molar-refractivity contribution is -0.119. The summed E-state index contributed by atoms with van der Waals surface area (Å²) in [6, 6.07) is 2.81. The summed E-state index contributed by atoms with van der Waals surface area (Å²) in [5.74, 6) is -0.687. The molecule has 0 spiro atoms. The van der Waals surface area contributed by atoms with E-state index in [1.807, 2.05) is 0 Å². The Bertz CT molecular complexity index is 449. The van der Waals surface area contributed by atoms with Crippen molar-refractivity contribution in [3.8, 4) is 0 Å². The van der Waals surface area contributed by atoms with Crippen LogP contribution in [0.3, 0.4) is 0 Å². The van der Waals surface area contributed by atoms with Gasteiger partial charge in [-0.1, -0.05) is 11.6 Å². The van der Waals surface area contributed by atoms with Gasteiger partial charge in [0.25, 0.3) is 0 Å². The molecule has 1 saturated carbocycles. The summed E-state index contributed by atoms with van der Waals surface area (Å²) in [4.78, 5) is 11.4. The lowest BCUT2D eigenvalue weighted by Gasteiger charge is -2.10. The largest absolute Gasteiger partial charge is 0.397 e. The van der Waals surface area contributed by atoms with Crippen molar-refractivity contribution in [3.05, 3.63) is 23.0 Å². The minimum Gasteiger partial charge on any atom is -0.397 e. The molecular weight excluding hydrogens is 245 g/mol. The molecule has 1 aromatic rings. The zero-order chi connectivity index (χ0) is 12.4. The van der Waals surface area contributed by atoms with Crippen LogP contribution < -0.4 is 16.4 Å². The molecule has 92 valence electrons. The van der Waals surface area contributed by atoms with Gasteiger partial charge in [0, 0.05) is 12.1 Å². The molecule has 1 amide bonds. The van der Waals surface area contributed by atoms with Gasteiger partial charge in [-0.25, -0.2) is 4.39 Å². The third-order valence-electron chi connectivity index (χ3n) is 2.47. The maximum absolute atomic E-state index is 13.2. The van der Waals surface area contributed by atoms with Crippen LogP contribution in [0.5, 0.6) is 0 Å². The molecule has 0 atom stereocenters. The second-order valence-corrected chi connectivity index (χ2v) is 4.46. The molecule has 0 heterocycles. The highest BCUT2D eigenvalue weighted by atomic mass is 35.5. The average molecular weight is 258 g/mol. The number of anilines is 2. The van der Waals surface area contributed by atoms with Crippen LogP contribution in [0.15, 0.2) is 12.1 Å². The number of benzene rings is 1. The van der Waals surface area contributed by atoms with Gasteiger partial charge in [0.15, 0.2) is 0 Å². The minimum absolute atomic E-state index is 0.0320. The monoisotopic (exact) mass is 257 g/mol.